The van der Waals surface area contributed by atoms with Gasteiger partial charge in [-0.3, -0.25) is 9.69 Å². The zero-order valence-corrected chi connectivity index (χ0v) is 22.1. The van der Waals surface area contributed by atoms with Crippen LogP contribution in [0.3, 0.4) is 0 Å². The largest absolute Gasteiger partial charge is 0.386 e. The second-order valence-corrected chi connectivity index (χ2v) is 10.3. The van der Waals surface area contributed by atoms with Crippen LogP contribution in [0.1, 0.15) is 65.2 Å². The van der Waals surface area contributed by atoms with E-state index in [9.17, 15) is 4.79 Å². The molecule has 0 amide bonds. The molecule has 2 N–H and O–H groups in total. The van der Waals surface area contributed by atoms with E-state index in [0.29, 0.717) is 12.1 Å². The number of allylic oxidation sites excluding steroid dienone is 2. The summed E-state index contributed by atoms with van der Waals surface area (Å²) >= 11 is 0. The van der Waals surface area contributed by atoms with Crippen LogP contribution in [0.2, 0.25) is 0 Å². The number of nitrogens with one attached hydrogen (secondary N) is 2. The minimum atomic E-state index is -0.105. The summed E-state index contributed by atoms with van der Waals surface area (Å²) in [6.07, 6.45) is 9.72. The van der Waals surface area contributed by atoms with Crippen molar-refractivity contribution in [3.05, 3.63) is 88.0 Å². The summed E-state index contributed by atoms with van der Waals surface area (Å²) in [4.78, 5) is 20.1. The number of hydrogen-bond acceptors (Lipinski definition) is 6. The number of aromatic nitrogens is 2. The van der Waals surface area contributed by atoms with Crippen LogP contribution in [0.25, 0.3) is 0 Å². The number of aryl methyl sites for hydroxylation is 1. The van der Waals surface area contributed by atoms with Gasteiger partial charge in [0.25, 0.3) is 0 Å². The second-order valence-electron chi connectivity index (χ2n) is 10.3. The average molecular weight is 497 g/mol. The highest BCUT2D eigenvalue weighted by Crippen LogP contribution is 2.40. The lowest BCUT2D eigenvalue weighted by Crippen LogP contribution is -2.21. The molecule has 37 heavy (non-hydrogen) atoms. The summed E-state index contributed by atoms with van der Waals surface area (Å²) < 4.78 is 2.25. The van der Waals surface area contributed by atoms with E-state index in [1.807, 2.05) is 32.3 Å². The van der Waals surface area contributed by atoms with Crippen molar-refractivity contribution in [3.8, 4) is 0 Å². The topological polar surface area (TPSA) is 86.4 Å². The first-order chi connectivity index (χ1) is 18.0. The van der Waals surface area contributed by atoms with Crippen molar-refractivity contribution < 1.29 is 4.79 Å². The van der Waals surface area contributed by atoms with Crippen LogP contribution >= 0.6 is 0 Å². The van der Waals surface area contributed by atoms with Gasteiger partial charge >= 0.3 is 0 Å². The number of carbonyl (C=O) groups is 1. The van der Waals surface area contributed by atoms with Crippen LogP contribution in [-0.4, -0.2) is 40.4 Å². The molecule has 1 aliphatic heterocycles. The first kappa shape index (κ1) is 25.1. The van der Waals surface area contributed by atoms with E-state index >= 15 is 0 Å². The van der Waals surface area contributed by atoms with E-state index < -0.39 is 0 Å². The molecule has 5 rings (SSSR count). The van der Waals surface area contributed by atoms with Crippen molar-refractivity contribution in [1.82, 2.24) is 14.5 Å². The van der Waals surface area contributed by atoms with E-state index in [-0.39, 0.29) is 11.7 Å². The van der Waals surface area contributed by atoms with Gasteiger partial charge in [0.05, 0.1) is 12.2 Å². The van der Waals surface area contributed by atoms with Gasteiger partial charge in [0.15, 0.2) is 5.78 Å². The molecule has 0 saturated carbocycles. The normalized spacial score (nSPS) is 15.9. The summed E-state index contributed by atoms with van der Waals surface area (Å²) in [6, 6.07) is 10.6. The summed E-state index contributed by atoms with van der Waals surface area (Å²) in [5.41, 5.74) is 15.7. The highest BCUT2D eigenvalue weighted by atomic mass is 16.1. The highest BCUT2D eigenvalue weighted by molar-refractivity contribution is 6.00. The number of anilines is 1. The Bertz CT molecular complexity index is 1350. The van der Waals surface area contributed by atoms with Crippen molar-refractivity contribution in [3.63, 3.8) is 0 Å². The molecule has 1 fully saturated rings. The molecule has 1 aliphatic carbocycles. The summed E-state index contributed by atoms with van der Waals surface area (Å²) in [7, 11) is 1.84. The van der Waals surface area contributed by atoms with Crippen LogP contribution in [-0.2, 0) is 17.9 Å². The van der Waals surface area contributed by atoms with E-state index in [0.717, 1.165) is 66.4 Å². The fraction of sp³-hybridized carbons (Fsp3) is 0.400. The molecule has 1 unspecified atom stereocenters. The molecule has 1 atom stereocenters. The summed E-state index contributed by atoms with van der Waals surface area (Å²) in [5.74, 6) is 1.20. The third-order valence-electron chi connectivity index (χ3n) is 7.87. The van der Waals surface area contributed by atoms with Gasteiger partial charge in [0, 0.05) is 38.3 Å². The molecule has 7 nitrogen and oxygen atoms in total. The number of likely N-dealkylation sites (tertiary alicyclic amines) is 1. The Morgan fingerprint density at radius 1 is 1.16 bits per heavy atom. The predicted octanol–water partition coefficient (Wildman–Crippen LogP) is 6.27. The number of Topliss-reactive ketones (excluding diaryl/α,β-unsaturated/α-hetero) is 1. The van der Waals surface area contributed by atoms with Gasteiger partial charge in [-0.15, -0.1) is 0 Å². The quantitative estimate of drug-likeness (QED) is 0.306. The Morgan fingerprint density at radius 2 is 1.95 bits per heavy atom. The zero-order valence-electron chi connectivity index (χ0n) is 22.1. The Balaban J connectivity index is 1.49. The average Bonchev–Trinajstić information content (AvgIpc) is 3.47. The smallest absolute Gasteiger partial charge is 0.159 e. The van der Waals surface area contributed by atoms with Gasteiger partial charge in [0.2, 0.25) is 0 Å². The van der Waals surface area contributed by atoms with Gasteiger partial charge in [-0.05, 0) is 85.7 Å². The number of ketones is 1. The molecule has 3 aromatic rings. The van der Waals surface area contributed by atoms with Crippen LogP contribution in [0.15, 0.2) is 59.5 Å². The summed E-state index contributed by atoms with van der Waals surface area (Å²) in [5, 5.41) is 6.95. The maximum absolute atomic E-state index is 13.0. The minimum absolute atomic E-state index is 0.105. The van der Waals surface area contributed by atoms with E-state index in [4.69, 9.17) is 5.53 Å². The molecule has 2 aliphatic rings. The molecule has 1 saturated heterocycles. The van der Waals surface area contributed by atoms with Crippen LogP contribution in [0.5, 0.6) is 0 Å². The fourth-order valence-electron chi connectivity index (χ4n) is 5.48. The number of benzene rings is 2. The molecule has 0 spiro atoms. The van der Waals surface area contributed by atoms with E-state index in [1.165, 1.54) is 24.0 Å². The van der Waals surface area contributed by atoms with Gasteiger partial charge < -0.3 is 9.88 Å². The van der Waals surface area contributed by atoms with Crippen molar-refractivity contribution in [1.29, 1.82) is 5.53 Å². The van der Waals surface area contributed by atoms with E-state index in [1.54, 1.807) is 0 Å². The molecule has 7 heteroatoms. The number of nitrogens with zero attached hydrogens (tertiary/aromatic N) is 4. The Hall–Kier alpha value is -3.58. The van der Waals surface area contributed by atoms with Crippen molar-refractivity contribution in [2.45, 2.75) is 58.5 Å². The maximum Gasteiger partial charge on any atom is 0.159 e. The Kier molecular flexibility index (Phi) is 7.33. The number of imidazole rings is 1. The van der Waals surface area contributed by atoms with Crippen molar-refractivity contribution >= 4 is 17.2 Å². The lowest BCUT2D eigenvalue weighted by molar-refractivity contribution is -0.115. The number of rotatable bonds is 11. The van der Waals surface area contributed by atoms with Gasteiger partial charge in [-0.1, -0.05) is 30.3 Å². The molecule has 0 radical (unpaired) electrons. The molecule has 192 valence electrons. The molecule has 0 bridgehead atoms. The predicted molar refractivity (Wildman–Crippen MR) is 147 cm³/mol. The molecular formula is C30H36N6O. The lowest BCUT2D eigenvalue weighted by atomic mass is 9.82. The Morgan fingerprint density at radius 3 is 2.65 bits per heavy atom. The van der Waals surface area contributed by atoms with Gasteiger partial charge in [0.1, 0.15) is 11.5 Å². The lowest BCUT2D eigenvalue weighted by Gasteiger charge is -2.23. The van der Waals surface area contributed by atoms with Crippen molar-refractivity contribution in [2.75, 3.05) is 25.5 Å². The first-order valence-corrected chi connectivity index (χ1v) is 13.2. The molecule has 2 aromatic carbocycles. The fourth-order valence-corrected chi connectivity index (χ4v) is 5.48. The minimum Gasteiger partial charge on any atom is -0.386 e. The standard InChI is InChI=1S/C30H36N6O/c1-20-6-7-23(16-24(20)18-36-15-12-33-29(36)19-35-13-4-5-14-35)26(17-28(37)22-8-9-22)25-10-11-27(32-3)30(34-31)21(25)2/h6-8,10-12,15-16,26,31-32H,4-5,9,13-14,17-19H2,1-3H3. The number of carbonyl (C=O) groups excluding carboxylic acids is 1. The molecule has 2 heterocycles. The van der Waals surface area contributed by atoms with Gasteiger partial charge in [-0.25, -0.2) is 10.5 Å². The van der Waals surface area contributed by atoms with Crippen LogP contribution < -0.4 is 5.32 Å². The first-order valence-electron chi connectivity index (χ1n) is 13.2. The Labute approximate surface area is 219 Å². The SMILES string of the molecule is CNc1ccc(C(CC(=O)C2=CC2)c2ccc(C)c(Cn3ccnc3CN3CCCC3)c2)c(C)c1N=N. The maximum atomic E-state index is 13.0. The monoisotopic (exact) mass is 496 g/mol. The van der Waals surface area contributed by atoms with Gasteiger partial charge in [-0.2, -0.15) is 5.11 Å². The third-order valence-corrected chi connectivity index (χ3v) is 7.87. The third kappa shape index (κ3) is 5.42. The second kappa shape index (κ2) is 10.8. The van der Waals surface area contributed by atoms with Crippen LogP contribution in [0.4, 0.5) is 11.4 Å². The van der Waals surface area contributed by atoms with Crippen molar-refractivity contribution in [2.24, 2.45) is 5.11 Å². The number of hydrogen-bond donors (Lipinski definition) is 2. The summed E-state index contributed by atoms with van der Waals surface area (Å²) in [6.45, 7) is 8.07. The van der Waals surface area contributed by atoms with Crippen LogP contribution in [0, 0.1) is 19.4 Å². The molecular weight excluding hydrogens is 460 g/mol. The highest BCUT2D eigenvalue weighted by Gasteiger charge is 2.26. The molecule has 1 aromatic heterocycles. The van der Waals surface area contributed by atoms with E-state index in [2.05, 4.69) is 62.3 Å². The zero-order chi connectivity index (χ0) is 25.9.